The highest BCUT2D eigenvalue weighted by atomic mass is 35.5. The number of nitrogens with zero attached hydrogens (tertiary/aromatic N) is 2. The van der Waals surface area contributed by atoms with E-state index in [1.807, 2.05) is 0 Å². The van der Waals surface area contributed by atoms with Crippen molar-refractivity contribution in [3.63, 3.8) is 0 Å². The van der Waals surface area contributed by atoms with Crippen molar-refractivity contribution in [2.45, 2.75) is 52.1 Å². The van der Waals surface area contributed by atoms with Crippen LogP contribution in [0, 0.1) is 5.82 Å². The fourth-order valence-electron chi connectivity index (χ4n) is 4.92. The standard InChI is InChI=1S/C25H26Cl2FN3O2/c1-5-31-22-11-20(28)16(8-18(22)14(2)12-25(31,3)4)9-21-23(32)30(24(33)29-21)13-15-6-7-17(26)10-19(15)27/h6-11,14H,5,12-13H2,1-4H3,(H,29,33)/b21-9+. The molecule has 2 aromatic rings. The lowest BCUT2D eigenvalue weighted by atomic mass is 9.79. The molecule has 0 spiro atoms. The largest absolute Gasteiger partial charge is 0.366 e. The first-order valence-corrected chi connectivity index (χ1v) is 11.7. The van der Waals surface area contributed by atoms with Gasteiger partial charge in [0.25, 0.3) is 5.91 Å². The number of benzene rings is 2. The molecule has 1 saturated heterocycles. The Hall–Kier alpha value is -2.57. The van der Waals surface area contributed by atoms with Crippen LogP contribution >= 0.6 is 23.2 Å². The van der Waals surface area contributed by atoms with Gasteiger partial charge in [0.05, 0.1) is 6.54 Å². The lowest BCUT2D eigenvalue weighted by Crippen LogP contribution is -2.48. The summed E-state index contributed by atoms with van der Waals surface area (Å²) in [4.78, 5) is 28.7. The van der Waals surface area contributed by atoms with E-state index in [9.17, 15) is 9.59 Å². The number of nitrogens with one attached hydrogen (secondary N) is 1. The topological polar surface area (TPSA) is 52.7 Å². The van der Waals surface area contributed by atoms with Gasteiger partial charge in [-0.1, -0.05) is 36.2 Å². The number of imide groups is 1. The molecule has 2 aromatic carbocycles. The molecule has 2 aliphatic rings. The number of urea groups is 1. The summed E-state index contributed by atoms with van der Waals surface area (Å²) in [7, 11) is 0. The Bertz CT molecular complexity index is 1180. The zero-order chi connectivity index (χ0) is 24.1. The first-order valence-electron chi connectivity index (χ1n) is 10.9. The predicted octanol–water partition coefficient (Wildman–Crippen LogP) is 6.34. The molecule has 0 aromatic heterocycles. The van der Waals surface area contributed by atoms with Crippen LogP contribution in [0.2, 0.25) is 10.0 Å². The molecule has 8 heteroatoms. The third-order valence-corrected chi connectivity index (χ3v) is 7.01. The van der Waals surface area contributed by atoms with E-state index in [4.69, 9.17) is 23.2 Å². The van der Waals surface area contributed by atoms with Gasteiger partial charge in [-0.2, -0.15) is 0 Å². The molecule has 174 valence electrons. The minimum atomic E-state index is -0.581. The third kappa shape index (κ3) is 4.34. The monoisotopic (exact) mass is 489 g/mol. The van der Waals surface area contributed by atoms with Crippen LogP contribution < -0.4 is 10.2 Å². The van der Waals surface area contributed by atoms with Crippen molar-refractivity contribution in [1.82, 2.24) is 10.2 Å². The zero-order valence-corrected chi connectivity index (χ0v) is 20.5. The van der Waals surface area contributed by atoms with E-state index < -0.39 is 17.8 Å². The molecule has 33 heavy (non-hydrogen) atoms. The summed E-state index contributed by atoms with van der Waals surface area (Å²) >= 11 is 12.1. The molecule has 3 amide bonds. The van der Waals surface area contributed by atoms with E-state index in [1.54, 1.807) is 24.3 Å². The highest BCUT2D eigenvalue weighted by Crippen LogP contribution is 2.44. The Morgan fingerprint density at radius 2 is 1.94 bits per heavy atom. The van der Waals surface area contributed by atoms with Gasteiger partial charge < -0.3 is 10.2 Å². The summed E-state index contributed by atoms with van der Waals surface area (Å²) < 4.78 is 15.1. The average Bonchev–Trinajstić information content (AvgIpc) is 2.98. The fraction of sp³-hybridized carbons (Fsp3) is 0.360. The van der Waals surface area contributed by atoms with Crippen LogP contribution in [0.15, 0.2) is 36.0 Å². The van der Waals surface area contributed by atoms with Crippen LogP contribution in [0.3, 0.4) is 0 Å². The van der Waals surface area contributed by atoms with Crippen LogP contribution in [-0.4, -0.2) is 28.9 Å². The summed E-state index contributed by atoms with van der Waals surface area (Å²) in [5.41, 5.74) is 2.72. The minimum Gasteiger partial charge on any atom is -0.366 e. The second-order valence-electron chi connectivity index (χ2n) is 9.21. The van der Waals surface area contributed by atoms with E-state index in [-0.39, 0.29) is 29.3 Å². The van der Waals surface area contributed by atoms with E-state index in [1.165, 1.54) is 12.1 Å². The molecule has 4 rings (SSSR count). The Morgan fingerprint density at radius 1 is 1.21 bits per heavy atom. The molecule has 1 fully saturated rings. The lowest BCUT2D eigenvalue weighted by molar-refractivity contribution is -0.123. The molecule has 5 nitrogen and oxygen atoms in total. The Kier molecular flexibility index (Phi) is 6.18. The maximum Gasteiger partial charge on any atom is 0.329 e. The number of amides is 3. The molecule has 0 aliphatic carbocycles. The van der Waals surface area contributed by atoms with Crippen molar-refractivity contribution in [2.75, 3.05) is 11.4 Å². The summed E-state index contributed by atoms with van der Waals surface area (Å²) in [6.07, 6.45) is 2.34. The van der Waals surface area contributed by atoms with Crippen molar-refractivity contribution in [2.24, 2.45) is 0 Å². The fourth-order valence-corrected chi connectivity index (χ4v) is 5.39. The summed E-state index contributed by atoms with van der Waals surface area (Å²) in [5.74, 6) is -0.744. The van der Waals surface area contributed by atoms with Crippen LogP contribution in [-0.2, 0) is 11.3 Å². The van der Waals surface area contributed by atoms with Crippen molar-refractivity contribution in [3.8, 4) is 0 Å². The predicted molar refractivity (Wildman–Crippen MR) is 130 cm³/mol. The van der Waals surface area contributed by atoms with E-state index in [0.717, 1.165) is 29.1 Å². The maximum absolute atomic E-state index is 15.1. The van der Waals surface area contributed by atoms with Gasteiger partial charge in [-0.05, 0) is 74.6 Å². The first-order chi connectivity index (χ1) is 15.5. The molecule has 2 heterocycles. The SMILES string of the molecule is CCN1c2cc(F)c(/C=C3/NC(=O)N(Cc4ccc(Cl)cc4Cl)C3=O)cc2C(C)CC1(C)C. The summed E-state index contributed by atoms with van der Waals surface area (Å²) in [6.45, 7) is 9.27. The molecule has 0 saturated carbocycles. The van der Waals surface area contributed by atoms with Crippen molar-refractivity contribution in [1.29, 1.82) is 0 Å². The second-order valence-corrected chi connectivity index (χ2v) is 10.1. The molecule has 1 atom stereocenters. The summed E-state index contributed by atoms with van der Waals surface area (Å²) in [5, 5.41) is 3.38. The number of carbonyl (C=O) groups is 2. The van der Waals surface area contributed by atoms with Gasteiger partial charge in [0.2, 0.25) is 0 Å². The molecular weight excluding hydrogens is 464 g/mol. The number of carbonyl (C=O) groups excluding carboxylic acids is 2. The van der Waals surface area contributed by atoms with Gasteiger partial charge in [-0.15, -0.1) is 0 Å². The molecule has 0 radical (unpaired) electrons. The lowest BCUT2D eigenvalue weighted by Gasteiger charge is -2.47. The van der Waals surface area contributed by atoms with Crippen molar-refractivity contribution in [3.05, 3.63) is 68.6 Å². The van der Waals surface area contributed by atoms with E-state index >= 15 is 4.39 Å². The van der Waals surface area contributed by atoms with E-state index in [2.05, 4.69) is 37.9 Å². The van der Waals surface area contributed by atoms with Crippen LogP contribution in [0.1, 0.15) is 56.7 Å². The molecule has 0 bridgehead atoms. The molecule has 1 unspecified atom stereocenters. The van der Waals surface area contributed by atoms with Crippen LogP contribution in [0.5, 0.6) is 0 Å². The summed E-state index contributed by atoms with van der Waals surface area (Å²) in [6, 6.07) is 7.61. The van der Waals surface area contributed by atoms with Gasteiger partial charge in [-0.3, -0.25) is 9.69 Å². The van der Waals surface area contributed by atoms with Crippen LogP contribution in [0.25, 0.3) is 6.08 Å². The number of halogens is 3. The first kappa shape index (κ1) is 23.6. The van der Waals surface area contributed by atoms with Gasteiger partial charge >= 0.3 is 6.03 Å². The van der Waals surface area contributed by atoms with Gasteiger partial charge in [0, 0.05) is 33.4 Å². The minimum absolute atomic E-state index is 0.0117. The second kappa shape index (κ2) is 8.65. The Balaban J connectivity index is 1.65. The Labute approximate surface area is 203 Å². The molecular formula is C25H26Cl2FN3O2. The average molecular weight is 490 g/mol. The van der Waals surface area contributed by atoms with Crippen LogP contribution in [0.4, 0.5) is 14.9 Å². The molecule has 2 aliphatic heterocycles. The van der Waals surface area contributed by atoms with Crippen molar-refractivity contribution < 1.29 is 14.0 Å². The van der Waals surface area contributed by atoms with Gasteiger partial charge in [0.15, 0.2) is 0 Å². The smallest absolute Gasteiger partial charge is 0.329 e. The quantitative estimate of drug-likeness (QED) is 0.402. The number of hydrogen-bond acceptors (Lipinski definition) is 3. The number of anilines is 1. The Morgan fingerprint density at radius 3 is 2.61 bits per heavy atom. The maximum atomic E-state index is 15.1. The van der Waals surface area contributed by atoms with Crippen molar-refractivity contribution >= 4 is 46.9 Å². The number of fused-ring (bicyclic) bond motifs is 1. The number of hydrogen-bond donors (Lipinski definition) is 1. The normalized spacial score (nSPS) is 20.9. The highest BCUT2D eigenvalue weighted by Gasteiger charge is 2.37. The highest BCUT2D eigenvalue weighted by molar-refractivity contribution is 6.35. The third-order valence-electron chi connectivity index (χ3n) is 6.43. The van der Waals surface area contributed by atoms with E-state index in [0.29, 0.717) is 15.6 Å². The van der Waals surface area contributed by atoms with Gasteiger partial charge in [0.1, 0.15) is 11.5 Å². The van der Waals surface area contributed by atoms with Gasteiger partial charge in [-0.25, -0.2) is 9.18 Å². The molecule has 1 N–H and O–H groups in total. The number of rotatable bonds is 4. The zero-order valence-electron chi connectivity index (χ0n) is 19.0.